The Bertz CT molecular complexity index is 519. The molecule has 0 aromatic carbocycles. The van der Waals surface area contributed by atoms with Crippen molar-refractivity contribution >= 4 is 15.7 Å². The second kappa shape index (κ2) is 5.61. The molecule has 0 bridgehead atoms. The van der Waals surface area contributed by atoms with Crippen molar-refractivity contribution in [1.82, 2.24) is 9.29 Å². The number of pyridine rings is 1. The van der Waals surface area contributed by atoms with Crippen molar-refractivity contribution in [2.45, 2.75) is 0 Å². The van der Waals surface area contributed by atoms with E-state index >= 15 is 0 Å². The van der Waals surface area contributed by atoms with Crippen LogP contribution in [0.15, 0.2) is 18.5 Å². The van der Waals surface area contributed by atoms with Crippen LogP contribution in [0.1, 0.15) is 5.56 Å². The van der Waals surface area contributed by atoms with Crippen LogP contribution in [0.2, 0.25) is 0 Å². The van der Waals surface area contributed by atoms with Crippen LogP contribution in [-0.2, 0) is 10.0 Å². The molecule has 1 heterocycles. The molecule has 1 aromatic rings. The van der Waals surface area contributed by atoms with Crippen molar-refractivity contribution in [3.63, 3.8) is 0 Å². The molecule has 0 aliphatic heterocycles. The Morgan fingerprint density at radius 1 is 1.53 bits per heavy atom. The first-order chi connectivity index (χ1) is 7.97. The number of hydrogen-bond donors (Lipinski definition) is 1. The average molecular weight is 254 g/mol. The minimum absolute atomic E-state index is 0.0280. The number of rotatable bonds is 5. The number of sulfonamides is 1. The number of nitriles is 1. The van der Waals surface area contributed by atoms with Crippen LogP contribution < -0.4 is 5.32 Å². The molecule has 6 nitrogen and oxygen atoms in total. The Morgan fingerprint density at radius 3 is 2.82 bits per heavy atom. The van der Waals surface area contributed by atoms with Crippen LogP contribution in [-0.4, -0.2) is 44.1 Å². The van der Waals surface area contributed by atoms with E-state index in [1.165, 1.54) is 30.8 Å². The second-order valence-corrected chi connectivity index (χ2v) is 5.86. The molecular formula is C10H14N4O2S. The summed E-state index contributed by atoms with van der Waals surface area (Å²) in [5.41, 5.74) is 0.992. The summed E-state index contributed by atoms with van der Waals surface area (Å²) in [5.74, 6) is -0.0280. The lowest BCUT2D eigenvalue weighted by Crippen LogP contribution is -2.28. The van der Waals surface area contributed by atoms with E-state index in [9.17, 15) is 8.42 Å². The lowest BCUT2D eigenvalue weighted by Gasteiger charge is -2.12. The van der Waals surface area contributed by atoms with Gasteiger partial charge < -0.3 is 5.32 Å². The number of aromatic nitrogens is 1. The largest absolute Gasteiger partial charge is 0.382 e. The molecule has 92 valence electrons. The van der Waals surface area contributed by atoms with Crippen LogP contribution >= 0.6 is 0 Å². The van der Waals surface area contributed by atoms with Gasteiger partial charge in [-0.05, 0) is 6.07 Å². The Kier molecular flexibility index (Phi) is 4.43. The van der Waals surface area contributed by atoms with E-state index in [1.54, 1.807) is 6.07 Å². The Hall–Kier alpha value is -1.65. The summed E-state index contributed by atoms with van der Waals surface area (Å²) < 4.78 is 24.1. The molecule has 0 saturated heterocycles. The fourth-order valence-electron chi connectivity index (χ4n) is 1.13. The van der Waals surface area contributed by atoms with Crippen LogP contribution in [0.25, 0.3) is 0 Å². The second-order valence-electron chi connectivity index (χ2n) is 3.56. The maximum atomic E-state index is 11.5. The molecule has 0 unspecified atom stereocenters. The van der Waals surface area contributed by atoms with E-state index in [2.05, 4.69) is 10.3 Å². The molecule has 0 spiro atoms. The summed E-state index contributed by atoms with van der Waals surface area (Å²) in [7, 11) is -0.248. The molecule has 0 saturated carbocycles. The Morgan fingerprint density at radius 2 is 2.24 bits per heavy atom. The zero-order valence-corrected chi connectivity index (χ0v) is 10.5. The minimum Gasteiger partial charge on any atom is -0.382 e. The third-order valence-corrected chi connectivity index (χ3v) is 4.01. The normalized spacial score (nSPS) is 11.2. The van der Waals surface area contributed by atoms with Crippen molar-refractivity contribution in [3.05, 3.63) is 24.0 Å². The van der Waals surface area contributed by atoms with Crippen LogP contribution in [0.4, 0.5) is 5.69 Å². The highest BCUT2D eigenvalue weighted by molar-refractivity contribution is 7.89. The fraction of sp³-hybridized carbons (Fsp3) is 0.400. The van der Waals surface area contributed by atoms with Gasteiger partial charge in [-0.3, -0.25) is 4.98 Å². The van der Waals surface area contributed by atoms with Gasteiger partial charge in [-0.15, -0.1) is 0 Å². The molecule has 0 aliphatic carbocycles. The summed E-state index contributed by atoms with van der Waals surface area (Å²) >= 11 is 0. The molecule has 0 aliphatic rings. The van der Waals surface area contributed by atoms with E-state index in [4.69, 9.17) is 5.26 Å². The first-order valence-corrected chi connectivity index (χ1v) is 6.56. The topological polar surface area (TPSA) is 86.1 Å². The van der Waals surface area contributed by atoms with Crippen molar-refractivity contribution in [2.24, 2.45) is 0 Å². The first-order valence-electron chi connectivity index (χ1n) is 4.95. The smallest absolute Gasteiger partial charge is 0.215 e. The standard InChI is InChI=1S/C10H14N4O2S/c1-14(2)17(15,16)6-5-13-10-8-12-4-3-9(10)7-11/h3-4,8,13H,5-6H2,1-2H3. The monoisotopic (exact) mass is 254 g/mol. The SMILES string of the molecule is CN(C)S(=O)(=O)CCNc1cnccc1C#N. The first kappa shape index (κ1) is 13.4. The van der Waals surface area contributed by atoms with Crippen molar-refractivity contribution in [3.8, 4) is 6.07 Å². The molecule has 1 rings (SSSR count). The molecule has 1 N–H and O–H groups in total. The summed E-state index contributed by atoms with van der Waals surface area (Å²) in [5, 5.41) is 11.7. The van der Waals surface area contributed by atoms with Crippen molar-refractivity contribution in [1.29, 1.82) is 5.26 Å². The quantitative estimate of drug-likeness (QED) is 0.814. The lowest BCUT2D eigenvalue weighted by atomic mass is 10.2. The van der Waals surface area contributed by atoms with Gasteiger partial charge in [0.05, 0.1) is 23.2 Å². The van der Waals surface area contributed by atoms with Crippen LogP contribution in [0.3, 0.4) is 0 Å². The third kappa shape index (κ3) is 3.69. The maximum Gasteiger partial charge on any atom is 0.215 e. The fourth-order valence-corrected chi connectivity index (χ4v) is 1.86. The Balaban J connectivity index is 2.61. The third-order valence-electron chi connectivity index (χ3n) is 2.17. The van der Waals surface area contributed by atoms with Gasteiger partial charge in [0.2, 0.25) is 10.0 Å². The van der Waals surface area contributed by atoms with Gasteiger partial charge in [0.1, 0.15) is 6.07 Å². The van der Waals surface area contributed by atoms with Gasteiger partial charge in [-0.1, -0.05) is 0 Å². The van der Waals surface area contributed by atoms with E-state index in [-0.39, 0.29) is 12.3 Å². The molecule has 0 amide bonds. The highest BCUT2D eigenvalue weighted by Gasteiger charge is 2.12. The number of anilines is 1. The predicted molar refractivity (Wildman–Crippen MR) is 64.9 cm³/mol. The van der Waals surface area contributed by atoms with Gasteiger partial charge in [0.15, 0.2) is 0 Å². The van der Waals surface area contributed by atoms with Gasteiger partial charge in [-0.2, -0.15) is 5.26 Å². The van der Waals surface area contributed by atoms with E-state index in [0.717, 1.165) is 0 Å². The van der Waals surface area contributed by atoms with Gasteiger partial charge in [-0.25, -0.2) is 12.7 Å². The van der Waals surface area contributed by atoms with Crippen molar-refractivity contribution in [2.75, 3.05) is 31.7 Å². The lowest BCUT2D eigenvalue weighted by molar-refractivity contribution is 0.521. The van der Waals surface area contributed by atoms with Gasteiger partial charge >= 0.3 is 0 Å². The average Bonchev–Trinajstić information content (AvgIpc) is 2.29. The van der Waals surface area contributed by atoms with Gasteiger partial charge in [0.25, 0.3) is 0 Å². The summed E-state index contributed by atoms with van der Waals surface area (Å²) in [4.78, 5) is 3.87. The maximum absolute atomic E-state index is 11.5. The van der Waals surface area contributed by atoms with E-state index < -0.39 is 10.0 Å². The molecule has 0 radical (unpaired) electrons. The molecular weight excluding hydrogens is 240 g/mol. The molecule has 7 heteroatoms. The van der Waals surface area contributed by atoms with E-state index in [1.807, 2.05) is 6.07 Å². The van der Waals surface area contributed by atoms with Crippen LogP contribution in [0, 0.1) is 11.3 Å². The Labute approximate surface area is 101 Å². The number of nitrogens with zero attached hydrogens (tertiary/aromatic N) is 3. The zero-order valence-electron chi connectivity index (χ0n) is 9.71. The van der Waals surface area contributed by atoms with E-state index in [0.29, 0.717) is 11.3 Å². The highest BCUT2D eigenvalue weighted by atomic mass is 32.2. The van der Waals surface area contributed by atoms with Crippen molar-refractivity contribution < 1.29 is 8.42 Å². The highest BCUT2D eigenvalue weighted by Crippen LogP contribution is 2.11. The van der Waals surface area contributed by atoms with Gasteiger partial charge in [0, 0.05) is 26.8 Å². The molecule has 0 fully saturated rings. The molecule has 17 heavy (non-hydrogen) atoms. The zero-order chi connectivity index (χ0) is 12.9. The summed E-state index contributed by atoms with van der Waals surface area (Å²) in [6, 6.07) is 3.58. The molecule has 1 aromatic heterocycles. The number of nitrogens with one attached hydrogen (secondary N) is 1. The summed E-state index contributed by atoms with van der Waals surface area (Å²) in [6.07, 6.45) is 3.02. The predicted octanol–water partition coefficient (Wildman–Crippen LogP) is 0.257. The molecule has 0 atom stereocenters. The number of hydrogen-bond acceptors (Lipinski definition) is 5. The minimum atomic E-state index is -3.22. The summed E-state index contributed by atoms with van der Waals surface area (Å²) in [6.45, 7) is 0.237. The van der Waals surface area contributed by atoms with Crippen LogP contribution in [0.5, 0.6) is 0 Å².